The lowest BCUT2D eigenvalue weighted by molar-refractivity contribution is 0.573. The Balaban J connectivity index is 2.24. The van der Waals surface area contributed by atoms with Crippen LogP contribution in [0.25, 0.3) is 0 Å². The molecule has 0 saturated carbocycles. The molecule has 1 atom stereocenters. The van der Waals surface area contributed by atoms with Gasteiger partial charge in [0.15, 0.2) is 0 Å². The summed E-state index contributed by atoms with van der Waals surface area (Å²) in [5.74, 6) is 0.455. The molecular weight excluding hydrogens is 273 g/mol. The zero-order valence-electron chi connectivity index (χ0n) is 8.45. The molecule has 0 fully saturated rings. The number of nitrogens with one attached hydrogen (secondary N) is 1. The van der Waals surface area contributed by atoms with Crippen LogP contribution in [0.5, 0.6) is 0 Å². The van der Waals surface area contributed by atoms with Gasteiger partial charge in [0.1, 0.15) is 11.6 Å². The highest BCUT2D eigenvalue weighted by Gasteiger charge is 2.16. The molecule has 3 N–H and O–H groups in total. The van der Waals surface area contributed by atoms with E-state index in [4.69, 9.17) is 5.73 Å². The molecule has 1 heterocycles. The summed E-state index contributed by atoms with van der Waals surface area (Å²) in [7, 11) is 0. The van der Waals surface area contributed by atoms with Crippen LogP contribution in [0, 0.1) is 5.82 Å². The van der Waals surface area contributed by atoms with Crippen molar-refractivity contribution < 1.29 is 4.39 Å². The molecule has 0 aliphatic carbocycles. The molecule has 0 bridgehead atoms. The monoisotopic (exact) mass is 283 g/mol. The summed E-state index contributed by atoms with van der Waals surface area (Å²) in [6.45, 7) is 0. The number of imidazole rings is 1. The molecular formula is C11H11BrFN3. The van der Waals surface area contributed by atoms with Gasteiger partial charge in [-0.2, -0.15) is 0 Å². The van der Waals surface area contributed by atoms with Crippen molar-refractivity contribution in [1.82, 2.24) is 9.97 Å². The second kappa shape index (κ2) is 4.76. The summed E-state index contributed by atoms with van der Waals surface area (Å²) in [6.07, 6.45) is 3.85. The van der Waals surface area contributed by atoms with E-state index in [2.05, 4.69) is 25.9 Å². The molecule has 3 nitrogen and oxygen atoms in total. The number of nitrogens with zero attached hydrogens (tertiary/aromatic N) is 1. The van der Waals surface area contributed by atoms with Crippen molar-refractivity contribution in [2.75, 3.05) is 0 Å². The predicted molar refractivity (Wildman–Crippen MR) is 63.3 cm³/mol. The van der Waals surface area contributed by atoms with Crippen LogP contribution in [0.15, 0.2) is 35.1 Å². The fourth-order valence-electron chi connectivity index (χ4n) is 1.58. The van der Waals surface area contributed by atoms with Crippen LogP contribution in [-0.2, 0) is 6.42 Å². The second-order valence-electron chi connectivity index (χ2n) is 3.48. The quantitative estimate of drug-likeness (QED) is 0.910. The molecule has 84 valence electrons. The average molecular weight is 284 g/mol. The van der Waals surface area contributed by atoms with E-state index in [0.29, 0.717) is 16.5 Å². The smallest absolute Gasteiger partial charge is 0.129 e. The number of aromatic nitrogens is 2. The van der Waals surface area contributed by atoms with Crippen molar-refractivity contribution in [1.29, 1.82) is 0 Å². The minimum Gasteiger partial charge on any atom is -0.349 e. The first kappa shape index (κ1) is 11.3. The normalized spacial score (nSPS) is 12.7. The van der Waals surface area contributed by atoms with Gasteiger partial charge in [-0.25, -0.2) is 9.37 Å². The number of halogens is 2. The Bertz CT molecular complexity index is 450. The lowest BCUT2D eigenvalue weighted by Gasteiger charge is -2.13. The van der Waals surface area contributed by atoms with Gasteiger partial charge < -0.3 is 10.7 Å². The van der Waals surface area contributed by atoms with Crippen LogP contribution in [-0.4, -0.2) is 9.97 Å². The van der Waals surface area contributed by atoms with E-state index in [1.54, 1.807) is 24.5 Å². The van der Waals surface area contributed by atoms with Crippen molar-refractivity contribution in [3.05, 3.63) is 52.3 Å². The first-order valence-corrected chi connectivity index (χ1v) is 5.65. The van der Waals surface area contributed by atoms with Crippen LogP contribution in [0.1, 0.15) is 17.4 Å². The Labute approximate surface area is 101 Å². The molecule has 0 spiro atoms. The highest BCUT2D eigenvalue weighted by atomic mass is 79.9. The number of hydrogen-bond acceptors (Lipinski definition) is 2. The van der Waals surface area contributed by atoms with E-state index in [0.717, 1.165) is 5.82 Å². The Hall–Kier alpha value is -1.20. The molecule has 0 radical (unpaired) electrons. The SMILES string of the molecule is NC(Cc1ncc[nH]1)c1c(F)cccc1Br. The molecule has 2 aromatic rings. The largest absolute Gasteiger partial charge is 0.349 e. The standard InChI is InChI=1S/C11H11BrFN3/c12-7-2-1-3-8(13)11(7)9(14)6-10-15-4-5-16-10/h1-5,9H,6,14H2,(H,15,16). The average Bonchev–Trinajstić information content (AvgIpc) is 2.70. The lowest BCUT2D eigenvalue weighted by atomic mass is 10.0. The minimum absolute atomic E-state index is 0.298. The summed E-state index contributed by atoms with van der Waals surface area (Å²) in [6, 6.07) is 4.41. The topological polar surface area (TPSA) is 54.7 Å². The molecule has 0 aliphatic rings. The molecule has 1 aromatic heterocycles. The Morgan fingerprint density at radius 3 is 2.94 bits per heavy atom. The number of aromatic amines is 1. The third-order valence-corrected chi connectivity index (χ3v) is 3.03. The highest BCUT2D eigenvalue weighted by Crippen LogP contribution is 2.26. The summed E-state index contributed by atoms with van der Waals surface area (Å²) in [4.78, 5) is 7.02. The number of rotatable bonds is 3. The molecule has 0 saturated heterocycles. The van der Waals surface area contributed by atoms with E-state index >= 15 is 0 Å². The first-order chi connectivity index (χ1) is 7.68. The van der Waals surface area contributed by atoms with Gasteiger partial charge >= 0.3 is 0 Å². The van der Waals surface area contributed by atoms with Gasteiger partial charge in [-0.05, 0) is 12.1 Å². The molecule has 1 aromatic carbocycles. The van der Waals surface area contributed by atoms with Crippen LogP contribution < -0.4 is 5.73 Å². The van der Waals surface area contributed by atoms with Crippen LogP contribution in [0.4, 0.5) is 4.39 Å². The minimum atomic E-state index is -0.415. The van der Waals surface area contributed by atoms with E-state index < -0.39 is 6.04 Å². The van der Waals surface area contributed by atoms with Gasteiger partial charge in [-0.1, -0.05) is 22.0 Å². The zero-order valence-corrected chi connectivity index (χ0v) is 10.0. The Morgan fingerprint density at radius 1 is 1.50 bits per heavy atom. The Kier molecular flexibility index (Phi) is 3.36. The van der Waals surface area contributed by atoms with Gasteiger partial charge in [0.2, 0.25) is 0 Å². The van der Waals surface area contributed by atoms with Crippen molar-refractivity contribution >= 4 is 15.9 Å². The van der Waals surface area contributed by atoms with Gasteiger partial charge in [0.25, 0.3) is 0 Å². The van der Waals surface area contributed by atoms with E-state index in [1.807, 2.05) is 0 Å². The van der Waals surface area contributed by atoms with Gasteiger partial charge in [-0.15, -0.1) is 0 Å². The summed E-state index contributed by atoms with van der Waals surface area (Å²) >= 11 is 3.30. The molecule has 0 aliphatic heterocycles. The predicted octanol–water partition coefficient (Wildman–Crippen LogP) is 2.55. The Morgan fingerprint density at radius 2 is 2.31 bits per heavy atom. The molecule has 0 amide bonds. The van der Waals surface area contributed by atoms with Crippen LogP contribution >= 0.6 is 15.9 Å². The lowest BCUT2D eigenvalue weighted by Crippen LogP contribution is -2.16. The first-order valence-electron chi connectivity index (χ1n) is 4.86. The number of H-pyrrole nitrogens is 1. The fraction of sp³-hybridized carbons (Fsp3) is 0.182. The molecule has 5 heteroatoms. The molecule has 1 unspecified atom stereocenters. The van der Waals surface area contributed by atoms with Crippen LogP contribution in [0.2, 0.25) is 0 Å². The zero-order chi connectivity index (χ0) is 11.5. The number of benzene rings is 1. The third kappa shape index (κ3) is 2.31. The summed E-state index contributed by atoms with van der Waals surface area (Å²) in [5, 5.41) is 0. The number of hydrogen-bond donors (Lipinski definition) is 2. The van der Waals surface area contributed by atoms with Crippen molar-refractivity contribution in [2.24, 2.45) is 5.73 Å². The van der Waals surface area contributed by atoms with Crippen molar-refractivity contribution in [3.63, 3.8) is 0 Å². The van der Waals surface area contributed by atoms with Crippen molar-refractivity contribution in [3.8, 4) is 0 Å². The maximum Gasteiger partial charge on any atom is 0.129 e. The van der Waals surface area contributed by atoms with Gasteiger partial charge in [0, 0.05) is 34.9 Å². The maximum atomic E-state index is 13.6. The molecule has 2 rings (SSSR count). The number of nitrogens with two attached hydrogens (primary N) is 1. The third-order valence-electron chi connectivity index (χ3n) is 2.34. The maximum absolute atomic E-state index is 13.6. The fourth-order valence-corrected chi connectivity index (χ4v) is 2.22. The summed E-state index contributed by atoms with van der Waals surface area (Å²) in [5.41, 5.74) is 6.44. The summed E-state index contributed by atoms with van der Waals surface area (Å²) < 4.78 is 14.3. The van der Waals surface area contributed by atoms with Gasteiger partial charge in [-0.3, -0.25) is 0 Å². The molecule has 16 heavy (non-hydrogen) atoms. The second-order valence-corrected chi connectivity index (χ2v) is 4.34. The van der Waals surface area contributed by atoms with E-state index in [9.17, 15) is 4.39 Å². The van der Waals surface area contributed by atoms with E-state index in [-0.39, 0.29) is 5.82 Å². The van der Waals surface area contributed by atoms with Crippen LogP contribution in [0.3, 0.4) is 0 Å². The van der Waals surface area contributed by atoms with E-state index in [1.165, 1.54) is 6.07 Å². The highest BCUT2D eigenvalue weighted by molar-refractivity contribution is 9.10. The van der Waals surface area contributed by atoms with Gasteiger partial charge in [0.05, 0.1) is 0 Å². The van der Waals surface area contributed by atoms with Crippen molar-refractivity contribution in [2.45, 2.75) is 12.5 Å².